The Morgan fingerprint density at radius 1 is 1.21 bits per heavy atom. The molecule has 2 aromatic rings. The van der Waals surface area contributed by atoms with Gasteiger partial charge in [-0.25, -0.2) is 0 Å². The predicted molar refractivity (Wildman–Crippen MR) is 80.4 cm³/mol. The van der Waals surface area contributed by atoms with Gasteiger partial charge in [-0.15, -0.1) is 0 Å². The summed E-state index contributed by atoms with van der Waals surface area (Å²) < 4.78 is 39.5. The number of halogens is 3. The number of H-pyrrole nitrogens is 1. The summed E-state index contributed by atoms with van der Waals surface area (Å²) in [6.07, 6.45) is -4.66. The summed E-state index contributed by atoms with van der Waals surface area (Å²) in [5.74, 6) is -1.41. The summed E-state index contributed by atoms with van der Waals surface area (Å²) >= 11 is 0. The number of aromatic nitrogens is 1. The van der Waals surface area contributed by atoms with Crippen LogP contribution in [-0.2, 0) is 17.5 Å². The number of rotatable bonds is 5. The van der Waals surface area contributed by atoms with Gasteiger partial charge in [0, 0.05) is 18.3 Å². The molecule has 1 aromatic carbocycles. The number of hydrogen-bond acceptors (Lipinski definition) is 3. The normalized spacial score (nSPS) is 13.0. The van der Waals surface area contributed by atoms with Gasteiger partial charge in [0.15, 0.2) is 0 Å². The highest BCUT2D eigenvalue weighted by molar-refractivity contribution is 5.76. The number of carbonyl (C=O) groups is 1. The van der Waals surface area contributed by atoms with Crippen molar-refractivity contribution < 1.29 is 23.1 Å². The molecule has 0 amide bonds. The van der Waals surface area contributed by atoms with Crippen LogP contribution in [0.15, 0.2) is 47.3 Å². The average Bonchev–Trinajstić information content (AvgIpc) is 2.46. The fourth-order valence-electron chi connectivity index (χ4n) is 2.50. The minimum absolute atomic E-state index is 0.0285. The zero-order valence-corrected chi connectivity index (χ0v) is 12.7. The molecule has 8 heteroatoms. The van der Waals surface area contributed by atoms with Gasteiger partial charge in [0.1, 0.15) is 6.04 Å². The molecule has 0 aliphatic heterocycles. The highest BCUT2D eigenvalue weighted by Crippen LogP contribution is 2.36. The largest absolute Gasteiger partial charge is 0.480 e. The Bertz CT molecular complexity index is 786. The lowest BCUT2D eigenvalue weighted by Crippen LogP contribution is -2.32. The van der Waals surface area contributed by atoms with E-state index in [9.17, 15) is 27.9 Å². The van der Waals surface area contributed by atoms with Crippen molar-refractivity contribution in [3.8, 4) is 0 Å². The molecule has 128 valence electrons. The van der Waals surface area contributed by atoms with Gasteiger partial charge < -0.3 is 10.1 Å². The smallest absolute Gasteiger partial charge is 0.416 e. The molecule has 1 aromatic heterocycles. The third-order valence-electron chi connectivity index (χ3n) is 3.48. The second-order valence-electron chi connectivity index (χ2n) is 5.28. The maximum Gasteiger partial charge on any atom is 0.416 e. The zero-order valence-electron chi connectivity index (χ0n) is 12.7. The molecular weight excluding hydrogens is 325 g/mol. The molecule has 1 heterocycles. The van der Waals surface area contributed by atoms with Crippen LogP contribution in [0.1, 0.15) is 22.9 Å². The van der Waals surface area contributed by atoms with Gasteiger partial charge in [-0.05, 0) is 24.7 Å². The van der Waals surface area contributed by atoms with E-state index in [0.29, 0.717) is 5.69 Å². The molecule has 2 N–H and O–H groups in total. The fraction of sp³-hybridized carbons (Fsp3) is 0.250. The Labute approximate surface area is 135 Å². The number of aromatic amines is 1. The number of likely N-dealkylation sites (N-methyl/N-ethyl adjacent to an activating group) is 1. The molecular formula is C16H15F3N2O3. The van der Waals surface area contributed by atoms with Crippen LogP contribution in [0.5, 0.6) is 0 Å². The van der Waals surface area contributed by atoms with Crippen molar-refractivity contribution in [3.63, 3.8) is 0 Å². The first kappa shape index (κ1) is 17.7. The molecule has 5 nitrogen and oxygen atoms in total. The van der Waals surface area contributed by atoms with Gasteiger partial charge in [-0.2, -0.15) is 13.2 Å². The van der Waals surface area contributed by atoms with Crippen molar-refractivity contribution in [3.05, 3.63) is 69.6 Å². The van der Waals surface area contributed by atoms with Crippen LogP contribution in [0, 0.1) is 0 Å². The minimum Gasteiger partial charge on any atom is -0.480 e. The maximum absolute atomic E-state index is 13.2. The summed E-state index contributed by atoms with van der Waals surface area (Å²) in [6.45, 7) is -0.0285. The number of pyridine rings is 1. The van der Waals surface area contributed by atoms with E-state index in [4.69, 9.17) is 0 Å². The van der Waals surface area contributed by atoms with Crippen molar-refractivity contribution in [1.29, 1.82) is 0 Å². The van der Waals surface area contributed by atoms with Crippen molar-refractivity contribution in [2.24, 2.45) is 0 Å². The molecule has 2 rings (SSSR count). The molecule has 24 heavy (non-hydrogen) atoms. The van der Waals surface area contributed by atoms with E-state index in [1.54, 1.807) is 6.07 Å². The van der Waals surface area contributed by atoms with E-state index in [1.807, 2.05) is 0 Å². The zero-order chi connectivity index (χ0) is 17.9. The van der Waals surface area contributed by atoms with E-state index >= 15 is 0 Å². The predicted octanol–water partition coefficient (Wildman–Crippen LogP) is 2.65. The lowest BCUT2D eigenvalue weighted by atomic mass is 9.98. The van der Waals surface area contributed by atoms with Crippen molar-refractivity contribution in [1.82, 2.24) is 9.88 Å². The van der Waals surface area contributed by atoms with Gasteiger partial charge in [0.2, 0.25) is 5.56 Å². The van der Waals surface area contributed by atoms with E-state index in [2.05, 4.69) is 4.98 Å². The number of benzene rings is 1. The van der Waals surface area contributed by atoms with E-state index in [-0.39, 0.29) is 17.7 Å². The number of carboxylic acids is 1. The summed E-state index contributed by atoms with van der Waals surface area (Å²) in [5.41, 5.74) is -1.31. The summed E-state index contributed by atoms with van der Waals surface area (Å²) in [7, 11) is 1.39. The highest BCUT2D eigenvalue weighted by atomic mass is 19.4. The molecule has 1 unspecified atom stereocenters. The summed E-state index contributed by atoms with van der Waals surface area (Å²) in [5, 5.41) is 9.44. The number of carboxylic acid groups (broad SMARTS) is 1. The van der Waals surface area contributed by atoms with Crippen LogP contribution in [0.4, 0.5) is 13.2 Å². The topological polar surface area (TPSA) is 73.4 Å². The number of alkyl halides is 3. The standard InChI is InChI=1S/C16H15F3N2O3/c1-21(9-10-5-4-8-13(22)20-10)14(15(23)24)11-6-2-3-7-12(11)16(17,18)19/h2-8,14H,9H2,1H3,(H,20,22)(H,23,24). The van der Waals surface area contributed by atoms with E-state index < -0.39 is 23.8 Å². The third kappa shape index (κ3) is 4.02. The Balaban J connectivity index is 2.40. The quantitative estimate of drug-likeness (QED) is 0.878. The van der Waals surface area contributed by atoms with Crippen molar-refractivity contribution in [2.45, 2.75) is 18.8 Å². The Hall–Kier alpha value is -2.61. The molecule has 0 aliphatic carbocycles. The molecule has 0 bridgehead atoms. The van der Waals surface area contributed by atoms with Gasteiger partial charge in [0.05, 0.1) is 5.56 Å². The first-order chi connectivity index (χ1) is 11.2. The van der Waals surface area contributed by atoms with Crippen LogP contribution in [-0.4, -0.2) is 28.0 Å². The Morgan fingerprint density at radius 2 is 1.88 bits per heavy atom. The second kappa shape index (κ2) is 6.88. The van der Waals surface area contributed by atoms with Gasteiger partial charge in [-0.1, -0.05) is 24.3 Å². The number of nitrogens with zero attached hydrogens (tertiary/aromatic N) is 1. The lowest BCUT2D eigenvalue weighted by molar-refractivity contribution is -0.145. The van der Waals surface area contributed by atoms with Crippen LogP contribution in [0.2, 0.25) is 0 Å². The van der Waals surface area contributed by atoms with Gasteiger partial charge >= 0.3 is 12.1 Å². The molecule has 0 spiro atoms. The monoisotopic (exact) mass is 340 g/mol. The maximum atomic E-state index is 13.2. The van der Waals surface area contributed by atoms with Crippen LogP contribution < -0.4 is 5.56 Å². The summed E-state index contributed by atoms with van der Waals surface area (Å²) in [6, 6.07) is 7.39. The Morgan fingerprint density at radius 3 is 2.46 bits per heavy atom. The summed E-state index contributed by atoms with van der Waals surface area (Å²) in [4.78, 5) is 26.6. The molecule has 0 radical (unpaired) electrons. The van der Waals surface area contributed by atoms with E-state index in [1.165, 1.54) is 36.2 Å². The molecule has 0 aliphatic rings. The highest BCUT2D eigenvalue weighted by Gasteiger charge is 2.38. The fourth-order valence-corrected chi connectivity index (χ4v) is 2.50. The van der Waals surface area contributed by atoms with Gasteiger partial charge in [0.25, 0.3) is 0 Å². The van der Waals surface area contributed by atoms with Crippen LogP contribution in [0.25, 0.3) is 0 Å². The number of nitrogens with one attached hydrogen (secondary N) is 1. The van der Waals surface area contributed by atoms with Gasteiger partial charge in [-0.3, -0.25) is 14.5 Å². The Kier molecular flexibility index (Phi) is 5.08. The molecule has 0 saturated heterocycles. The number of hydrogen-bond donors (Lipinski definition) is 2. The SMILES string of the molecule is CN(Cc1cccc(=O)[nH]1)C(C(=O)O)c1ccccc1C(F)(F)F. The second-order valence-corrected chi connectivity index (χ2v) is 5.28. The first-order valence-electron chi connectivity index (χ1n) is 6.97. The number of aliphatic carboxylic acids is 1. The minimum atomic E-state index is -4.66. The van der Waals surface area contributed by atoms with Crippen LogP contribution in [0.3, 0.4) is 0 Å². The lowest BCUT2D eigenvalue weighted by Gasteiger charge is -2.27. The van der Waals surface area contributed by atoms with E-state index in [0.717, 1.165) is 12.1 Å². The van der Waals surface area contributed by atoms with Crippen LogP contribution >= 0.6 is 0 Å². The molecule has 1 atom stereocenters. The molecule has 0 saturated carbocycles. The third-order valence-corrected chi connectivity index (χ3v) is 3.48. The average molecular weight is 340 g/mol. The molecule has 0 fully saturated rings. The first-order valence-corrected chi connectivity index (χ1v) is 6.97. The van der Waals surface area contributed by atoms with Crippen molar-refractivity contribution in [2.75, 3.05) is 7.05 Å². The van der Waals surface area contributed by atoms with Crippen molar-refractivity contribution >= 4 is 5.97 Å².